The predicted octanol–water partition coefficient (Wildman–Crippen LogP) is 0.690. The summed E-state index contributed by atoms with van der Waals surface area (Å²) in [6, 6.07) is 9.63. The molecular formula is C15H21N3O2. The average molecular weight is 275 g/mol. The second-order valence-corrected chi connectivity index (χ2v) is 5.31. The largest absolute Gasteiger partial charge is 0.350 e. The summed E-state index contributed by atoms with van der Waals surface area (Å²) in [6.07, 6.45) is 3.35. The zero-order valence-electron chi connectivity index (χ0n) is 11.5. The van der Waals surface area contributed by atoms with Crippen LogP contribution in [0.3, 0.4) is 0 Å². The lowest BCUT2D eigenvalue weighted by atomic mass is 9.98. The highest BCUT2D eigenvalue weighted by atomic mass is 16.2. The minimum Gasteiger partial charge on any atom is -0.350 e. The first-order valence-electron chi connectivity index (χ1n) is 6.98. The molecule has 4 N–H and O–H groups in total. The maximum Gasteiger partial charge on any atom is 0.240 e. The van der Waals surface area contributed by atoms with Gasteiger partial charge in [0.15, 0.2) is 0 Å². The lowest BCUT2D eigenvalue weighted by Gasteiger charge is -2.21. The van der Waals surface area contributed by atoms with Gasteiger partial charge in [0.1, 0.15) is 0 Å². The first-order valence-corrected chi connectivity index (χ1v) is 6.98. The van der Waals surface area contributed by atoms with Crippen LogP contribution in [0, 0.1) is 0 Å². The minimum atomic E-state index is -0.778. The second kappa shape index (κ2) is 6.52. The lowest BCUT2D eigenvalue weighted by molar-refractivity contribution is -0.129. The minimum absolute atomic E-state index is 0.0232. The molecule has 0 saturated heterocycles. The van der Waals surface area contributed by atoms with Gasteiger partial charge in [-0.2, -0.15) is 0 Å². The van der Waals surface area contributed by atoms with Gasteiger partial charge in [-0.05, 0) is 18.4 Å². The Morgan fingerprint density at radius 3 is 2.40 bits per heavy atom. The highest BCUT2D eigenvalue weighted by Gasteiger charge is 2.36. The third-order valence-corrected chi connectivity index (χ3v) is 3.69. The van der Waals surface area contributed by atoms with Crippen molar-refractivity contribution >= 4 is 11.8 Å². The van der Waals surface area contributed by atoms with Crippen LogP contribution in [-0.4, -0.2) is 23.9 Å². The van der Waals surface area contributed by atoms with Crippen molar-refractivity contribution in [3.05, 3.63) is 35.9 Å². The third-order valence-electron chi connectivity index (χ3n) is 3.69. The maximum atomic E-state index is 11.9. The number of nitrogens with one attached hydrogen (secondary N) is 2. The van der Waals surface area contributed by atoms with Gasteiger partial charge in [-0.15, -0.1) is 0 Å². The second-order valence-electron chi connectivity index (χ2n) is 5.31. The van der Waals surface area contributed by atoms with Gasteiger partial charge in [-0.3, -0.25) is 9.59 Å². The Balaban J connectivity index is 1.71. The molecule has 0 bridgehead atoms. The zero-order valence-corrected chi connectivity index (χ0v) is 11.5. The molecule has 1 saturated carbocycles. The first kappa shape index (κ1) is 14.5. The van der Waals surface area contributed by atoms with Gasteiger partial charge in [-0.1, -0.05) is 43.2 Å². The summed E-state index contributed by atoms with van der Waals surface area (Å²) in [5.41, 5.74) is 6.26. The number of benzene rings is 1. The molecule has 0 radical (unpaired) electrons. The van der Waals surface area contributed by atoms with Crippen LogP contribution in [-0.2, 0) is 16.1 Å². The van der Waals surface area contributed by atoms with Crippen molar-refractivity contribution in [3.63, 3.8) is 0 Å². The number of hydrogen-bond donors (Lipinski definition) is 3. The molecule has 0 aliphatic heterocycles. The van der Waals surface area contributed by atoms with Gasteiger partial charge in [-0.25, -0.2) is 0 Å². The van der Waals surface area contributed by atoms with E-state index in [-0.39, 0.29) is 18.4 Å². The molecule has 5 heteroatoms. The Kier molecular flexibility index (Phi) is 4.74. The highest BCUT2D eigenvalue weighted by molar-refractivity contribution is 5.90. The topological polar surface area (TPSA) is 84.2 Å². The maximum absolute atomic E-state index is 11.9. The Labute approximate surface area is 118 Å². The number of rotatable bonds is 5. The van der Waals surface area contributed by atoms with E-state index >= 15 is 0 Å². The van der Waals surface area contributed by atoms with Crippen LogP contribution in [0.4, 0.5) is 0 Å². The molecule has 1 fully saturated rings. The van der Waals surface area contributed by atoms with E-state index in [0.29, 0.717) is 19.4 Å². The van der Waals surface area contributed by atoms with Crippen LogP contribution in [0.15, 0.2) is 30.3 Å². The number of hydrogen-bond acceptors (Lipinski definition) is 3. The molecule has 2 amide bonds. The van der Waals surface area contributed by atoms with Gasteiger partial charge in [0.05, 0.1) is 12.1 Å². The number of carbonyl (C=O) groups excluding carboxylic acids is 2. The average Bonchev–Trinajstić information content (AvgIpc) is 2.92. The van der Waals surface area contributed by atoms with Crippen molar-refractivity contribution < 1.29 is 9.59 Å². The fourth-order valence-electron chi connectivity index (χ4n) is 2.43. The smallest absolute Gasteiger partial charge is 0.240 e. The van der Waals surface area contributed by atoms with Crippen molar-refractivity contribution in [3.8, 4) is 0 Å². The standard InChI is InChI=1S/C15H21N3O2/c16-15(8-4-5-9-15)14(20)18-11-13(19)17-10-12-6-2-1-3-7-12/h1-3,6-7H,4-5,8-11,16H2,(H,17,19)(H,18,20). The fourth-order valence-corrected chi connectivity index (χ4v) is 2.43. The number of nitrogens with two attached hydrogens (primary N) is 1. The summed E-state index contributed by atoms with van der Waals surface area (Å²) in [5.74, 6) is -0.423. The molecule has 1 aliphatic rings. The van der Waals surface area contributed by atoms with Crippen LogP contribution >= 0.6 is 0 Å². The third kappa shape index (κ3) is 3.81. The monoisotopic (exact) mass is 275 g/mol. The van der Waals surface area contributed by atoms with Gasteiger partial charge in [0.2, 0.25) is 11.8 Å². The molecular weight excluding hydrogens is 254 g/mol. The van der Waals surface area contributed by atoms with Crippen molar-refractivity contribution in [2.45, 2.75) is 37.8 Å². The van der Waals surface area contributed by atoms with Gasteiger partial charge in [0.25, 0.3) is 0 Å². The molecule has 1 aromatic rings. The Morgan fingerprint density at radius 2 is 1.75 bits per heavy atom. The molecule has 0 unspecified atom stereocenters. The molecule has 1 aliphatic carbocycles. The quantitative estimate of drug-likeness (QED) is 0.739. The van der Waals surface area contributed by atoms with E-state index in [1.165, 1.54) is 0 Å². The summed E-state index contributed by atoms with van der Waals surface area (Å²) in [5, 5.41) is 5.39. The van der Waals surface area contributed by atoms with Crippen molar-refractivity contribution in [1.82, 2.24) is 10.6 Å². The Bertz CT molecular complexity index is 467. The number of amides is 2. The summed E-state index contributed by atoms with van der Waals surface area (Å²) < 4.78 is 0. The van der Waals surface area contributed by atoms with Crippen LogP contribution in [0.1, 0.15) is 31.2 Å². The number of carbonyl (C=O) groups is 2. The van der Waals surface area contributed by atoms with E-state index < -0.39 is 5.54 Å². The van der Waals surface area contributed by atoms with Gasteiger partial charge >= 0.3 is 0 Å². The van der Waals surface area contributed by atoms with Crippen LogP contribution in [0.5, 0.6) is 0 Å². The molecule has 108 valence electrons. The lowest BCUT2D eigenvalue weighted by Crippen LogP contribution is -2.53. The summed E-state index contributed by atoms with van der Waals surface area (Å²) in [4.78, 5) is 23.6. The summed E-state index contributed by atoms with van der Waals surface area (Å²) >= 11 is 0. The van der Waals surface area contributed by atoms with Crippen molar-refractivity contribution in [2.24, 2.45) is 5.73 Å². The predicted molar refractivity (Wildman–Crippen MR) is 76.7 cm³/mol. The molecule has 0 heterocycles. The van der Waals surface area contributed by atoms with Gasteiger partial charge < -0.3 is 16.4 Å². The molecule has 5 nitrogen and oxygen atoms in total. The van der Waals surface area contributed by atoms with Gasteiger partial charge in [0, 0.05) is 6.54 Å². The molecule has 2 rings (SSSR count). The van der Waals surface area contributed by atoms with Crippen LogP contribution in [0.25, 0.3) is 0 Å². The zero-order chi connectivity index (χ0) is 14.4. The summed E-state index contributed by atoms with van der Waals surface area (Å²) in [7, 11) is 0. The van der Waals surface area contributed by atoms with E-state index in [9.17, 15) is 9.59 Å². The van der Waals surface area contributed by atoms with E-state index in [1.807, 2.05) is 30.3 Å². The first-order chi connectivity index (χ1) is 9.60. The van der Waals surface area contributed by atoms with E-state index in [2.05, 4.69) is 10.6 Å². The fraction of sp³-hybridized carbons (Fsp3) is 0.467. The molecule has 0 aromatic heterocycles. The molecule has 20 heavy (non-hydrogen) atoms. The van der Waals surface area contributed by atoms with Crippen LogP contribution < -0.4 is 16.4 Å². The Hall–Kier alpha value is -1.88. The van der Waals surface area contributed by atoms with Crippen molar-refractivity contribution in [2.75, 3.05) is 6.54 Å². The molecule has 0 spiro atoms. The highest BCUT2D eigenvalue weighted by Crippen LogP contribution is 2.26. The normalized spacial score (nSPS) is 16.6. The summed E-state index contributed by atoms with van der Waals surface area (Å²) in [6.45, 7) is 0.438. The van der Waals surface area contributed by atoms with Crippen LogP contribution in [0.2, 0.25) is 0 Å². The Morgan fingerprint density at radius 1 is 1.10 bits per heavy atom. The molecule has 1 aromatic carbocycles. The SMILES string of the molecule is NC1(C(=O)NCC(=O)NCc2ccccc2)CCCC1. The van der Waals surface area contributed by atoms with E-state index in [4.69, 9.17) is 5.73 Å². The molecule has 0 atom stereocenters. The van der Waals surface area contributed by atoms with E-state index in [0.717, 1.165) is 18.4 Å². The van der Waals surface area contributed by atoms with E-state index in [1.54, 1.807) is 0 Å². The van der Waals surface area contributed by atoms with Crippen molar-refractivity contribution in [1.29, 1.82) is 0 Å².